The summed E-state index contributed by atoms with van der Waals surface area (Å²) in [6.07, 6.45) is 13.4. The Hall–Kier alpha value is -2.19. The van der Waals surface area contributed by atoms with E-state index in [1.54, 1.807) is 0 Å². The van der Waals surface area contributed by atoms with Gasteiger partial charge in [-0.15, -0.1) is 0 Å². The van der Waals surface area contributed by atoms with Crippen LogP contribution in [0, 0.1) is 5.92 Å². The van der Waals surface area contributed by atoms with Crippen LogP contribution >= 0.6 is 0 Å². The molecule has 5 rings (SSSR count). The largest absolute Gasteiger partial charge is 0.309 e. The molecule has 2 nitrogen and oxygen atoms in total. The van der Waals surface area contributed by atoms with E-state index in [9.17, 15) is 4.79 Å². The Kier molecular flexibility index (Phi) is 5.84. The third kappa shape index (κ3) is 3.69. The van der Waals surface area contributed by atoms with Gasteiger partial charge in [-0.05, 0) is 84.0 Å². The van der Waals surface area contributed by atoms with Crippen LogP contribution in [-0.4, -0.2) is 12.3 Å². The first kappa shape index (κ1) is 20.7. The van der Waals surface area contributed by atoms with Gasteiger partial charge in [-0.25, -0.2) is 0 Å². The van der Waals surface area contributed by atoms with Gasteiger partial charge in [0.25, 0.3) is 0 Å². The standard InChI is InChI=1S/C29H35NO/c1-3-19(4-2)9-11-21-22-12-10-20(27-8-6-5-7-17-30-27)18-26(22)29-24(21)14-13-23-25(29)15-16-28(23)31/h5-6,10,12-14,18-19,21,27,30H,3-4,7-9,11,15-17H2,1-2H3. The van der Waals surface area contributed by atoms with Gasteiger partial charge in [0.05, 0.1) is 0 Å². The van der Waals surface area contributed by atoms with E-state index in [-0.39, 0.29) is 0 Å². The number of Topliss-reactive ketones (excluding diaryl/α,β-unsaturated/α-hetero) is 1. The highest BCUT2D eigenvalue weighted by Gasteiger charge is 2.35. The van der Waals surface area contributed by atoms with Gasteiger partial charge in [-0.2, -0.15) is 0 Å². The Balaban J connectivity index is 1.57. The van der Waals surface area contributed by atoms with E-state index in [4.69, 9.17) is 0 Å². The second-order valence-corrected chi connectivity index (χ2v) is 9.64. The molecule has 162 valence electrons. The second-order valence-electron chi connectivity index (χ2n) is 9.64. The van der Waals surface area contributed by atoms with Crippen LogP contribution in [0.3, 0.4) is 0 Å². The first-order valence-electron chi connectivity index (χ1n) is 12.4. The van der Waals surface area contributed by atoms with Crippen LogP contribution < -0.4 is 5.32 Å². The highest BCUT2D eigenvalue weighted by Crippen LogP contribution is 2.51. The van der Waals surface area contributed by atoms with Crippen molar-refractivity contribution >= 4 is 5.78 Å². The van der Waals surface area contributed by atoms with Gasteiger partial charge in [0.2, 0.25) is 0 Å². The minimum absolute atomic E-state index is 0.326. The molecule has 0 saturated heterocycles. The summed E-state index contributed by atoms with van der Waals surface area (Å²) in [5.74, 6) is 1.61. The third-order valence-electron chi connectivity index (χ3n) is 8.01. The van der Waals surface area contributed by atoms with Crippen LogP contribution in [0.5, 0.6) is 0 Å². The van der Waals surface area contributed by atoms with Crippen molar-refractivity contribution in [2.24, 2.45) is 5.92 Å². The molecule has 2 aromatic carbocycles. The van der Waals surface area contributed by atoms with Gasteiger partial charge in [0, 0.05) is 23.9 Å². The van der Waals surface area contributed by atoms with Crippen LogP contribution in [0.15, 0.2) is 42.5 Å². The summed E-state index contributed by atoms with van der Waals surface area (Å²) in [6, 6.07) is 12.0. The molecule has 2 unspecified atom stereocenters. The summed E-state index contributed by atoms with van der Waals surface area (Å²) in [7, 11) is 0. The molecule has 0 spiro atoms. The first-order chi connectivity index (χ1) is 15.2. The molecular formula is C29H35NO. The van der Waals surface area contributed by atoms with Gasteiger partial charge in [-0.3, -0.25) is 4.79 Å². The summed E-state index contributed by atoms with van der Waals surface area (Å²) in [6.45, 7) is 5.68. The molecule has 3 aliphatic rings. The zero-order valence-corrected chi connectivity index (χ0v) is 19.0. The minimum Gasteiger partial charge on any atom is -0.309 e. The normalized spacial score (nSPS) is 21.8. The number of nitrogens with one attached hydrogen (secondary N) is 1. The number of benzene rings is 2. The molecule has 0 amide bonds. The Morgan fingerprint density at radius 3 is 2.68 bits per heavy atom. The maximum atomic E-state index is 12.5. The average Bonchev–Trinajstić information content (AvgIpc) is 3.18. The van der Waals surface area contributed by atoms with Crippen molar-refractivity contribution in [1.82, 2.24) is 5.32 Å². The molecule has 2 aromatic rings. The van der Waals surface area contributed by atoms with Crippen molar-refractivity contribution in [2.75, 3.05) is 6.54 Å². The highest BCUT2D eigenvalue weighted by atomic mass is 16.1. The molecular weight excluding hydrogens is 378 g/mol. The quantitative estimate of drug-likeness (QED) is 0.511. The fourth-order valence-corrected chi connectivity index (χ4v) is 6.09. The maximum absolute atomic E-state index is 12.5. The Morgan fingerprint density at radius 1 is 1.00 bits per heavy atom. The molecule has 0 radical (unpaired) electrons. The summed E-state index contributed by atoms with van der Waals surface area (Å²) in [4.78, 5) is 12.5. The maximum Gasteiger partial charge on any atom is 0.163 e. The van der Waals surface area contributed by atoms with Gasteiger partial charge < -0.3 is 5.32 Å². The van der Waals surface area contributed by atoms with Crippen molar-refractivity contribution in [3.8, 4) is 11.1 Å². The molecule has 1 heterocycles. The van der Waals surface area contributed by atoms with E-state index in [1.165, 1.54) is 59.1 Å². The SMILES string of the molecule is CCC(CC)CCC1c2ccc(C3CC=CCCN3)cc2-c2c1ccc1c2CCC1=O. The molecule has 2 aliphatic carbocycles. The van der Waals surface area contributed by atoms with Crippen molar-refractivity contribution < 1.29 is 4.79 Å². The highest BCUT2D eigenvalue weighted by molar-refractivity contribution is 6.03. The lowest BCUT2D eigenvalue weighted by atomic mass is 9.86. The Labute approximate surface area is 187 Å². The first-order valence-corrected chi connectivity index (χ1v) is 12.4. The fourth-order valence-electron chi connectivity index (χ4n) is 6.09. The lowest BCUT2D eigenvalue weighted by Gasteiger charge is -2.19. The van der Waals surface area contributed by atoms with Crippen LogP contribution in [-0.2, 0) is 6.42 Å². The molecule has 2 atom stereocenters. The Bertz CT molecular complexity index is 1010. The van der Waals surface area contributed by atoms with Gasteiger partial charge in [-0.1, -0.05) is 63.1 Å². The van der Waals surface area contributed by atoms with Gasteiger partial charge in [0.1, 0.15) is 0 Å². The van der Waals surface area contributed by atoms with Crippen molar-refractivity contribution in [1.29, 1.82) is 0 Å². The molecule has 0 saturated carbocycles. The van der Waals surface area contributed by atoms with Crippen molar-refractivity contribution in [3.63, 3.8) is 0 Å². The zero-order chi connectivity index (χ0) is 21.4. The number of hydrogen-bond donors (Lipinski definition) is 1. The molecule has 1 N–H and O–H groups in total. The summed E-state index contributed by atoms with van der Waals surface area (Å²) >= 11 is 0. The van der Waals surface area contributed by atoms with Crippen LogP contribution in [0.4, 0.5) is 0 Å². The minimum atomic E-state index is 0.326. The molecule has 31 heavy (non-hydrogen) atoms. The van der Waals surface area contributed by atoms with E-state index >= 15 is 0 Å². The van der Waals surface area contributed by atoms with Gasteiger partial charge >= 0.3 is 0 Å². The van der Waals surface area contributed by atoms with Crippen LogP contribution in [0.1, 0.15) is 103 Å². The van der Waals surface area contributed by atoms with E-state index in [0.717, 1.165) is 37.3 Å². The lowest BCUT2D eigenvalue weighted by Crippen LogP contribution is -2.20. The average molecular weight is 414 g/mol. The molecule has 1 aliphatic heterocycles. The number of carbonyl (C=O) groups excluding carboxylic acids is 1. The summed E-state index contributed by atoms with van der Waals surface area (Å²) in [5, 5.41) is 3.72. The third-order valence-corrected chi connectivity index (χ3v) is 8.01. The smallest absolute Gasteiger partial charge is 0.163 e. The Morgan fingerprint density at radius 2 is 1.84 bits per heavy atom. The molecule has 0 bridgehead atoms. The predicted octanol–water partition coefficient (Wildman–Crippen LogP) is 7.12. The lowest BCUT2D eigenvalue weighted by molar-refractivity contribution is 0.0994. The second kappa shape index (κ2) is 8.74. The number of carbonyl (C=O) groups is 1. The topological polar surface area (TPSA) is 29.1 Å². The monoisotopic (exact) mass is 413 g/mol. The van der Waals surface area contributed by atoms with E-state index in [1.807, 2.05) is 0 Å². The molecule has 0 fully saturated rings. The number of rotatable bonds is 6. The number of fused-ring (bicyclic) bond motifs is 5. The molecule has 0 aromatic heterocycles. The number of ketones is 1. The van der Waals surface area contributed by atoms with Crippen molar-refractivity contribution in [3.05, 3.63) is 70.3 Å². The van der Waals surface area contributed by atoms with Crippen LogP contribution in [0.25, 0.3) is 11.1 Å². The van der Waals surface area contributed by atoms with E-state index in [2.05, 4.69) is 61.6 Å². The summed E-state index contributed by atoms with van der Waals surface area (Å²) < 4.78 is 0. The summed E-state index contributed by atoms with van der Waals surface area (Å²) in [5.41, 5.74) is 9.45. The van der Waals surface area contributed by atoms with E-state index < -0.39 is 0 Å². The zero-order valence-electron chi connectivity index (χ0n) is 19.0. The van der Waals surface area contributed by atoms with E-state index in [0.29, 0.717) is 24.2 Å². The molecule has 2 heteroatoms. The predicted molar refractivity (Wildman–Crippen MR) is 129 cm³/mol. The van der Waals surface area contributed by atoms with Crippen molar-refractivity contribution in [2.45, 2.75) is 77.2 Å². The van der Waals surface area contributed by atoms with Gasteiger partial charge in [0.15, 0.2) is 5.78 Å². The fraction of sp³-hybridized carbons (Fsp3) is 0.483. The van der Waals surface area contributed by atoms with Crippen LogP contribution in [0.2, 0.25) is 0 Å². The number of hydrogen-bond acceptors (Lipinski definition) is 2.